The number of amides is 1. The Morgan fingerprint density at radius 1 is 1.26 bits per heavy atom. The topological polar surface area (TPSA) is 66.8 Å². The van der Waals surface area contributed by atoms with Gasteiger partial charge in [0.25, 0.3) is 0 Å². The fraction of sp³-hybridized carbons (Fsp3) is 0.857. The SMILES string of the molecule is O=C(O)CC1CN(C(=O)CCC2CCCC2)CCO1. The Labute approximate surface area is 113 Å². The van der Waals surface area contributed by atoms with Crippen molar-refractivity contribution in [3.63, 3.8) is 0 Å². The first-order chi connectivity index (χ1) is 9.15. The fourth-order valence-corrected chi connectivity index (χ4v) is 3.05. The summed E-state index contributed by atoms with van der Waals surface area (Å²) in [6.07, 6.45) is 6.35. The maximum atomic E-state index is 12.1. The van der Waals surface area contributed by atoms with Gasteiger partial charge in [0.2, 0.25) is 5.91 Å². The highest BCUT2D eigenvalue weighted by Crippen LogP contribution is 2.28. The molecule has 2 rings (SSSR count). The molecule has 2 aliphatic rings. The van der Waals surface area contributed by atoms with Crippen molar-refractivity contribution in [2.45, 2.75) is 51.0 Å². The number of carboxylic acids is 1. The van der Waals surface area contributed by atoms with Crippen molar-refractivity contribution >= 4 is 11.9 Å². The van der Waals surface area contributed by atoms with Crippen molar-refractivity contribution in [1.82, 2.24) is 4.90 Å². The van der Waals surface area contributed by atoms with Gasteiger partial charge in [-0.25, -0.2) is 0 Å². The van der Waals surface area contributed by atoms with Crippen molar-refractivity contribution < 1.29 is 19.4 Å². The van der Waals surface area contributed by atoms with E-state index in [-0.39, 0.29) is 18.4 Å². The molecule has 0 aromatic carbocycles. The number of rotatable bonds is 5. The van der Waals surface area contributed by atoms with Gasteiger partial charge in [0, 0.05) is 19.5 Å². The molecular weight excluding hydrogens is 246 g/mol. The third-order valence-electron chi connectivity index (χ3n) is 4.13. The normalized spacial score (nSPS) is 24.6. The van der Waals surface area contributed by atoms with Crippen molar-refractivity contribution in [2.24, 2.45) is 5.92 Å². The van der Waals surface area contributed by atoms with Crippen LogP contribution in [0, 0.1) is 5.92 Å². The number of carbonyl (C=O) groups is 2. The van der Waals surface area contributed by atoms with Crippen molar-refractivity contribution in [3.05, 3.63) is 0 Å². The molecule has 5 heteroatoms. The first kappa shape index (κ1) is 14.3. The van der Waals surface area contributed by atoms with E-state index in [0.717, 1.165) is 12.3 Å². The number of nitrogens with zero attached hydrogens (tertiary/aromatic N) is 1. The van der Waals surface area contributed by atoms with Crippen LogP contribution in [0.4, 0.5) is 0 Å². The fourth-order valence-electron chi connectivity index (χ4n) is 3.05. The molecule has 1 aliphatic heterocycles. The molecule has 0 aromatic rings. The van der Waals surface area contributed by atoms with Gasteiger partial charge in [0.05, 0.1) is 19.1 Å². The molecule has 1 aliphatic carbocycles. The molecule has 0 radical (unpaired) electrons. The van der Waals surface area contributed by atoms with Crippen molar-refractivity contribution in [2.75, 3.05) is 19.7 Å². The summed E-state index contributed by atoms with van der Waals surface area (Å²) in [5.74, 6) is 0.00986. The number of ether oxygens (including phenoxy) is 1. The molecule has 1 N–H and O–H groups in total. The van der Waals surface area contributed by atoms with Crippen LogP contribution in [0.25, 0.3) is 0 Å². The van der Waals surface area contributed by atoms with E-state index >= 15 is 0 Å². The van der Waals surface area contributed by atoms with Gasteiger partial charge in [-0.2, -0.15) is 0 Å². The minimum absolute atomic E-state index is 0.0214. The lowest BCUT2D eigenvalue weighted by Gasteiger charge is -2.32. The third kappa shape index (κ3) is 4.49. The van der Waals surface area contributed by atoms with Gasteiger partial charge in [-0.15, -0.1) is 0 Å². The maximum Gasteiger partial charge on any atom is 0.306 e. The summed E-state index contributed by atoms with van der Waals surface area (Å²) >= 11 is 0. The monoisotopic (exact) mass is 269 g/mol. The average Bonchev–Trinajstić information content (AvgIpc) is 2.88. The summed E-state index contributed by atoms with van der Waals surface area (Å²) in [6.45, 7) is 1.47. The Bertz CT molecular complexity index is 325. The Morgan fingerprint density at radius 3 is 2.68 bits per heavy atom. The summed E-state index contributed by atoms with van der Waals surface area (Å²) in [6, 6.07) is 0. The minimum atomic E-state index is -0.870. The van der Waals surface area contributed by atoms with Gasteiger partial charge in [0.1, 0.15) is 0 Å². The average molecular weight is 269 g/mol. The van der Waals surface area contributed by atoms with Gasteiger partial charge in [-0.05, 0) is 12.3 Å². The predicted molar refractivity (Wildman–Crippen MR) is 69.8 cm³/mol. The molecule has 1 atom stereocenters. The van der Waals surface area contributed by atoms with E-state index in [4.69, 9.17) is 9.84 Å². The van der Waals surface area contributed by atoms with Crippen molar-refractivity contribution in [1.29, 1.82) is 0 Å². The first-order valence-corrected chi connectivity index (χ1v) is 7.26. The second-order valence-electron chi connectivity index (χ2n) is 5.62. The van der Waals surface area contributed by atoms with E-state index in [1.165, 1.54) is 25.7 Å². The van der Waals surface area contributed by atoms with Crippen LogP contribution in [-0.4, -0.2) is 47.7 Å². The second-order valence-corrected chi connectivity index (χ2v) is 5.62. The summed E-state index contributed by atoms with van der Waals surface area (Å²) in [7, 11) is 0. The van der Waals surface area contributed by atoms with Gasteiger partial charge in [-0.3, -0.25) is 9.59 Å². The minimum Gasteiger partial charge on any atom is -0.481 e. The lowest BCUT2D eigenvalue weighted by molar-refractivity contribution is -0.147. The smallest absolute Gasteiger partial charge is 0.306 e. The van der Waals surface area contributed by atoms with Crippen LogP contribution < -0.4 is 0 Å². The Kier molecular flexibility index (Phi) is 5.19. The van der Waals surface area contributed by atoms with Gasteiger partial charge in [0.15, 0.2) is 0 Å². The highest BCUT2D eigenvalue weighted by molar-refractivity contribution is 5.76. The summed E-state index contributed by atoms with van der Waals surface area (Å²) in [5, 5.41) is 8.75. The van der Waals surface area contributed by atoms with Gasteiger partial charge >= 0.3 is 5.97 Å². The predicted octanol–water partition coefficient (Wildman–Crippen LogP) is 1.66. The Morgan fingerprint density at radius 2 is 2.00 bits per heavy atom. The van der Waals surface area contributed by atoms with Crippen LogP contribution in [0.2, 0.25) is 0 Å². The Hall–Kier alpha value is -1.10. The van der Waals surface area contributed by atoms with E-state index in [2.05, 4.69) is 0 Å². The molecule has 5 nitrogen and oxygen atoms in total. The maximum absolute atomic E-state index is 12.1. The molecule has 2 fully saturated rings. The molecule has 1 heterocycles. The van der Waals surface area contributed by atoms with E-state index in [9.17, 15) is 9.59 Å². The molecule has 0 bridgehead atoms. The van der Waals surface area contributed by atoms with Gasteiger partial charge < -0.3 is 14.7 Å². The van der Waals surface area contributed by atoms with Crippen LogP contribution in [0.1, 0.15) is 44.9 Å². The zero-order valence-corrected chi connectivity index (χ0v) is 11.3. The third-order valence-corrected chi connectivity index (χ3v) is 4.13. The highest BCUT2D eigenvalue weighted by atomic mass is 16.5. The largest absolute Gasteiger partial charge is 0.481 e. The molecule has 1 unspecified atom stereocenters. The highest BCUT2D eigenvalue weighted by Gasteiger charge is 2.26. The lowest BCUT2D eigenvalue weighted by atomic mass is 10.0. The van der Waals surface area contributed by atoms with Crippen LogP contribution in [0.15, 0.2) is 0 Å². The zero-order valence-electron chi connectivity index (χ0n) is 11.3. The molecule has 108 valence electrons. The number of carbonyl (C=O) groups excluding carboxylic acids is 1. The molecule has 1 amide bonds. The molecule has 0 spiro atoms. The summed E-state index contributed by atoms with van der Waals surface area (Å²) < 4.78 is 5.37. The van der Waals surface area contributed by atoms with Crippen molar-refractivity contribution in [3.8, 4) is 0 Å². The summed E-state index contributed by atoms with van der Waals surface area (Å²) in [4.78, 5) is 24.5. The molecule has 0 aromatic heterocycles. The first-order valence-electron chi connectivity index (χ1n) is 7.26. The number of aliphatic carboxylic acids is 1. The van der Waals surface area contributed by atoms with E-state index in [0.29, 0.717) is 26.1 Å². The van der Waals surface area contributed by atoms with E-state index in [1.54, 1.807) is 4.90 Å². The number of hydrogen-bond donors (Lipinski definition) is 1. The van der Waals surface area contributed by atoms with Crippen LogP contribution in [0.3, 0.4) is 0 Å². The van der Waals surface area contributed by atoms with Gasteiger partial charge in [-0.1, -0.05) is 25.7 Å². The number of hydrogen-bond acceptors (Lipinski definition) is 3. The molecule has 1 saturated heterocycles. The summed E-state index contributed by atoms with van der Waals surface area (Å²) in [5.41, 5.74) is 0. The van der Waals surface area contributed by atoms with E-state index in [1.807, 2.05) is 0 Å². The van der Waals surface area contributed by atoms with E-state index < -0.39 is 5.97 Å². The van der Waals surface area contributed by atoms with Crippen LogP contribution in [0.5, 0.6) is 0 Å². The quantitative estimate of drug-likeness (QED) is 0.824. The molecule has 1 saturated carbocycles. The van der Waals surface area contributed by atoms with Crippen LogP contribution in [-0.2, 0) is 14.3 Å². The second kappa shape index (κ2) is 6.89. The number of carboxylic acid groups (broad SMARTS) is 1. The lowest BCUT2D eigenvalue weighted by Crippen LogP contribution is -2.46. The molecular formula is C14H23NO4. The number of morpholine rings is 1. The standard InChI is InChI=1S/C14H23NO4/c16-13(6-5-11-3-1-2-4-11)15-7-8-19-12(10-15)9-14(17)18/h11-12H,1-10H2,(H,17,18). The Balaban J connectivity index is 1.73. The molecule has 19 heavy (non-hydrogen) atoms. The zero-order chi connectivity index (χ0) is 13.7. The van der Waals surface area contributed by atoms with Crippen LogP contribution >= 0.6 is 0 Å².